The number of rotatable bonds is 7. The molecule has 5 heteroatoms. The van der Waals surface area contributed by atoms with Gasteiger partial charge in [-0.3, -0.25) is 0 Å². The van der Waals surface area contributed by atoms with Crippen LogP contribution in [0, 0.1) is 0 Å². The van der Waals surface area contributed by atoms with Gasteiger partial charge in [0.15, 0.2) is 0 Å². The molecular weight excluding hydrogens is 252 g/mol. The van der Waals surface area contributed by atoms with Crippen molar-refractivity contribution in [2.45, 2.75) is 30.2 Å². The molecule has 2 aliphatic rings. The summed E-state index contributed by atoms with van der Waals surface area (Å²) in [6.45, 7) is 4.79. The van der Waals surface area contributed by atoms with Gasteiger partial charge in [0.25, 0.3) is 0 Å². The Kier molecular flexibility index (Phi) is 3.44. The van der Waals surface area contributed by atoms with Crippen LogP contribution in [0.2, 0.25) is 0 Å². The van der Waals surface area contributed by atoms with Crippen LogP contribution >= 0.6 is 15.9 Å². The first kappa shape index (κ1) is 10.8. The summed E-state index contributed by atoms with van der Waals surface area (Å²) in [6.07, 6.45) is 1.28. The van der Waals surface area contributed by atoms with Crippen LogP contribution in [0.4, 0.5) is 0 Å². The minimum atomic E-state index is -0.662. The molecule has 2 rings (SSSR count). The van der Waals surface area contributed by atoms with Gasteiger partial charge in [0, 0.05) is 6.42 Å². The van der Waals surface area contributed by atoms with Crippen molar-refractivity contribution in [1.29, 1.82) is 0 Å². The molecule has 2 heterocycles. The molecule has 0 aliphatic carbocycles. The number of epoxide rings is 2. The first-order valence-corrected chi connectivity index (χ1v) is 5.71. The number of halogens is 1. The van der Waals surface area contributed by atoms with Crippen molar-refractivity contribution in [3.05, 3.63) is 0 Å². The Morgan fingerprint density at radius 3 is 1.93 bits per heavy atom. The normalized spacial score (nSPS) is 33.9. The molecule has 2 fully saturated rings. The highest BCUT2D eigenvalue weighted by atomic mass is 79.9. The van der Waals surface area contributed by atoms with Crippen LogP contribution in [-0.2, 0) is 18.9 Å². The number of ether oxygens (including phenoxy) is 4. The van der Waals surface area contributed by atoms with Crippen molar-refractivity contribution < 1.29 is 18.9 Å². The van der Waals surface area contributed by atoms with Gasteiger partial charge in [-0.15, -0.1) is 0 Å². The third-order valence-corrected chi connectivity index (χ3v) is 3.22. The zero-order chi connectivity index (χ0) is 10.0. The standard InChI is InChI=1S/C9H15BrO4/c1-2-9(10,13-5-7-3-11-7)14-6-8-4-12-8/h7-8H,2-6H2,1H3. The Balaban J connectivity index is 1.67. The van der Waals surface area contributed by atoms with Crippen LogP contribution in [0.15, 0.2) is 0 Å². The second-order valence-electron chi connectivity index (χ2n) is 3.55. The minimum Gasteiger partial charge on any atom is -0.371 e. The highest BCUT2D eigenvalue weighted by molar-refractivity contribution is 9.10. The lowest BCUT2D eigenvalue weighted by molar-refractivity contribution is -0.171. The zero-order valence-electron chi connectivity index (χ0n) is 8.20. The fourth-order valence-electron chi connectivity index (χ4n) is 1.01. The average molecular weight is 267 g/mol. The Bertz CT molecular complexity index is 175. The highest BCUT2D eigenvalue weighted by Crippen LogP contribution is 2.28. The Morgan fingerprint density at radius 2 is 1.64 bits per heavy atom. The van der Waals surface area contributed by atoms with Gasteiger partial charge in [0.05, 0.1) is 26.4 Å². The molecule has 14 heavy (non-hydrogen) atoms. The Morgan fingerprint density at radius 1 is 1.21 bits per heavy atom. The average Bonchev–Trinajstić information content (AvgIpc) is 3.05. The van der Waals surface area contributed by atoms with Gasteiger partial charge >= 0.3 is 0 Å². The maximum absolute atomic E-state index is 5.59. The predicted molar refractivity (Wildman–Crippen MR) is 53.3 cm³/mol. The maximum atomic E-state index is 5.59. The van der Waals surface area contributed by atoms with Crippen molar-refractivity contribution in [3.63, 3.8) is 0 Å². The molecule has 4 nitrogen and oxygen atoms in total. The van der Waals surface area contributed by atoms with Crippen molar-refractivity contribution in [2.24, 2.45) is 0 Å². The van der Waals surface area contributed by atoms with E-state index in [9.17, 15) is 0 Å². The summed E-state index contributed by atoms with van der Waals surface area (Å²) in [5, 5.41) is 0. The molecule has 0 aromatic carbocycles. The van der Waals surface area contributed by atoms with Gasteiger partial charge in [-0.25, -0.2) is 0 Å². The second kappa shape index (κ2) is 4.45. The SMILES string of the molecule is CCC(Br)(OCC1CO1)OCC1CO1. The molecule has 82 valence electrons. The molecule has 2 unspecified atom stereocenters. The lowest BCUT2D eigenvalue weighted by atomic mass is 10.4. The molecule has 2 atom stereocenters. The summed E-state index contributed by atoms with van der Waals surface area (Å²) in [6, 6.07) is 0. The monoisotopic (exact) mass is 266 g/mol. The molecule has 2 aliphatic heterocycles. The van der Waals surface area contributed by atoms with E-state index in [2.05, 4.69) is 15.9 Å². The van der Waals surface area contributed by atoms with E-state index in [4.69, 9.17) is 18.9 Å². The van der Waals surface area contributed by atoms with E-state index in [1.54, 1.807) is 0 Å². The summed E-state index contributed by atoms with van der Waals surface area (Å²) >= 11 is 3.44. The first-order chi connectivity index (χ1) is 6.72. The van der Waals surface area contributed by atoms with Crippen molar-refractivity contribution in [2.75, 3.05) is 26.4 Å². The minimum absolute atomic E-state index is 0.263. The predicted octanol–water partition coefficient (Wildman–Crippen LogP) is 1.28. The van der Waals surface area contributed by atoms with E-state index >= 15 is 0 Å². The van der Waals surface area contributed by atoms with Gasteiger partial charge in [0.2, 0.25) is 4.70 Å². The number of hydrogen-bond acceptors (Lipinski definition) is 4. The molecule has 0 bridgehead atoms. The van der Waals surface area contributed by atoms with E-state index in [1.165, 1.54) is 0 Å². The fourth-order valence-corrected chi connectivity index (χ4v) is 1.27. The summed E-state index contributed by atoms with van der Waals surface area (Å²) < 4.78 is 20.6. The van der Waals surface area contributed by atoms with E-state index in [-0.39, 0.29) is 12.2 Å². The topological polar surface area (TPSA) is 43.5 Å². The Labute approximate surface area is 92.0 Å². The quantitative estimate of drug-likeness (QED) is 0.396. The van der Waals surface area contributed by atoms with Crippen LogP contribution in [0.25, 0.3) is 0 Å². The molecule has 0 radical (unpaired) electrons. The largest absolute Gasteiger partial charge is 0.371 e. The van der Waals surface area contributed by atoms with Gasteiger partial charge in [-0.2, -0.15) is 0 Å². The summed E-state index contributed by atoms with van der Waals surface area (Å²) in [7, 11) is 0. The van der Waals surface area contributed by atoms with E-state index in [0.29, 0.717) is 13.2 Å². The summed E-state index contributed by atoms with van der Waals surface area (Å²) in [4.78, 5) is 0. The van der Waals surface area contributed by atoms with E-state index < -0.39 is 4.70 Å². The van der Waals surface area contributed by atoms with E-state index in [0.717, 1.165) is 19.6 Å². The number of hydrogen-bond donors (Lipinski definition) is 0. The van der Waals surface area contributed by atoms with E-state index in [1.807, 2.05) is 6.92 Å². The van der Waals surface area contributed by atoms with Crippen molar-refractivity contribution in [1.82, 2.24) is 0 Å². The van der Waals surface area contributed by atoms with Crippen molar-refractivity contribution in [3.8, 4) is 0 Å². The number of alkyl halides is 1. The van der Waals surface area contributed by atoms with Crippen molar-refractivity contribution >= 4 is 15.9 Å². The lowest BCUT2D eigenvalue weighted by Crippen LogP contribution is -2.31. The fraction of sp³-hybridized carbons (Fsp3) is 1.00. The van der Waals surface area contributed by atoms with Crippen LogP contribution in [0.5, 0.6) is 0 Å². The maximum Gasteiger partial charge on any atom is 0.226 e. The van der Waals surface area contributed by atoms with Crippen LogP contribution < -0.4 is 0 Å². The molecule has 2 saturated heterocycles. The smallest absolute Gasteiger partial charge is 0.226 e. The molecule has 0 N–H and O–H groups in total. The third-order valence-electron chi connectivity index (χ3n) is 2.20. The molecular formula is C9H15BrO4. The van der Waals surface area contributed by atoms with Crippen LogP contribution in [0.1, 0.15) is 13.3 Å². The highest BCUT2D eigenvalue weighted by Gasteiger charge is 2.34. The van der Waals surface area contributed by atoms with Crippen LogP contribution in [-0.4, -0.2) is 43.3 Å². The molecule has 0 saturated carbocycles. The molecule has 0 amide bonds. The Hall–Kier alpha value is 0.320. The first-order valence-electron chi connectivity index (χ1n) is 4.92. The van der Waals surface area contributed by atoms with Gasteiger partial charge in [0.1, 0.15) is 12.2 Å². The van der Waals surface area contributed by atoms with Crippen LogP contribution in [0.3, 0.4) is 0 Å². The van der Waals surface area contributed by atoms with Gasteiger partial charge in [-0.05, 0) is 15.9 Å². The summed E-state index contributed by atoms with van der Waals surface area (Å²) in [5.74, 6) is 0. The van der Waals surface area contributed by atoms with Gasteiger partial charge in [-0.1, -0.05) is 6.92 Å². The lowest BCUT2D eigenvalue weighted by Gasteiger charge is -2.26. The zero-order valence-corrected chi connectivity index (χ0v) is 9.79. The molecule has 0 spiro atoms. The molecule has 0 aromatic heterocycles. The molecule has 0 aromatic rings. The second-order valence-corrected chi connectivity index (χ2v) is 4.75. The third kappa shape index (κ3) is 3.47. The summed E-state index contributed by atoms with van der Waals surface area (Å²) in [5.41, 5.74) is 0. The van der Waals surface area contributed by atoms with Gasteiger partial charge < -0.3 is 18.9 Å².